The lowest BCUT2D eigenvalue weighted by Crippen LogP contribution is -2.41. The Kier molecular flexibility index (Phi) is 4.86. The Bertz CT molecular complexity index is 1430. The number of halogens is 1. The molecule has 4 heterocycles. The number of fused-ring (bicyclic) bond motifs is 5. The van der Waals surface area contributed by atoms with Gasteiger partial charge in [0.1, 0.15) is 23.1 Å². The number of aromatic nitrogens is 5. The first kappa shape index (κ1) is 22.0. The van der Waals surface area contributed by atoms with E-state index in [1.165, 1.54) is 12.1 Å². The number of piperidine rings is 1. The maximum absolute atomic E-state index is 14.5. The molecule has 2 fully saturated rings. The van der Waals surface area contributed by atoms with Crippen LogP contribution in [-0.2, 0) is 5.41 Å². The van der Waals surface area contributed by atoms with E-state index in [4.69, 9.17) is 15.5 Å². The Hall–Kier alpha value is -3.53. The van der Waals surface area contributed by atoms with Gasteiger partial charge in [-0.2, -0.15) is 9.97 Å². The zero-order valence-corrected chi connectivity index (χ0v) is 20.3. The molecule has 0 radical (unpaired) electrons. The lowest BCUT2D eigenvalue weighted by molar-refractivity contribution is 0.432. The van der Waals surface area contributed by atoms with E-state index in [9.17, 15) is 4.39 Å². The number of aromatic amines is 1. The second-order valence-corrected chi connectivity index (χ2v) is 10.6. The molecule has 4 aromatic rings. The SMILES string of the molecule is CNc1cc(F)cc2c1[nH]c1nc(Oc3cnc(C(C)(C)C)nc3)nc(N3CC4CC3C[C@H]4N)c12. The number of benzene rings is 1. The van der Waals surface area contributed by atoms with E-state index >= 15 is 0 Å². The number of H-pyrrole nitrogens is 1. The summed E-state index contributed by atoms with van der Waals surface area (Å²) in [6.07, 6.45) is 5.21. The lowest BCUT2D eigenvalue weighted by atomic mass is 9.96. The van der Waals surface area contributed by atoms with E-state index < -0.39 is 0 Å². The van der Waals surface area contributed by atoms with Crippen molar-refractivity contribution < 1.29 is 9.13 Å². The van der Waals surface area contributed by atoms with Crippen LogP contribution in [0.5, 0.6) is 11.8 Å². The van der Waals surface area contributed by atoms with Crippen molar-refractivity contribution in [3.63, 3.8) is 0 Å². The van der Waals surface area contributed by atoms with E-state index in [1.54, 1.807) is 19.4 Å². The van der Waals surface area contributed by atoms with Crippen LogP contribution in [0.25, 0.3) is 21.9 Å². The highest BCUT2D eigenvalue weighted by Crippen LogP contribution is 2.44. The summed E-state index contributed by atoms with van der Waals surface area (Å²) in [5.74, 6) is 2.00. The van der Waals surface area contributed by atoms with Crippen LogP contribution in [0.2, 0.25) is 0 Å². The molecule has 10 heteroatoms. The third-order valence-corrected chi connectivity index (χ3v) is 7.13. The van der Waals surface area contributed by atoms with Gasteiger partial charge in [-0.3, -0.25) is 0 Å². The molecule has 3 atom stereocenters. The molecule has 1 saturated carbocycles. The van der Waals surface area contributed by atoms with Crippen molar-refractivity contribution in [2.24, 2.45) is 11.7 Å². The predicted molar refractivity (Wildman–Crippen MR) is 134 cm³/mol. The fourth-order valence-corrected chi connectivity index (χ4v) is 5.39. The van der Waals surface area contributed by atoms with Gasteiger partial charge in [0, 0.05) is 36.5 Å². The fraction of sp³-hybridized carbons (Fsp3) is 0.440. The van der Waals surface area contributed by atoms with Gasteiger partial charge in [-0.15, -0.1) is 0 Å². The van der Waals surface area contributed by atoms with E-state index in [1.807, 2.05) is 0 Å². The van der Waals surface area contributed by atoms with Crippen molar-refractivity contribution in [3.05, 3.63) is 36.2 Å². The monoisotopic (exact) mass is 476 g/mol. The zero-order valence-electron chi connectivity index (χ0n) is 20.3. The summed E-state index contributed by atoms with van der Waals surface area (Å²) < 4.78 is 20.5. The third kappa shape index (κ3) is 3.63. The summed E-state index contributed by atoms with van der Waals surface area (Å²) >= 11 is 0. The van der Waals surface area contributed by atoms with Gasteiger partial charge < -0.3 is 25.7 Å². The van der Waals surface area contributed by atoms with Crippen LogP contribution >= 0.6 is 0 Å². The number of nitrogens with zero attached hydrogens (tertiary/aromatic N) is 5. The average molecular weight is 477 g/mol. The minimum absolute atomic E-state index is 0.165. The van der Waals surface area contributed by atoms with Crippen molar-refractivity contribution in [1.29, 1.82) is 0 Å². The van der Waals surface area contributed by atoms with Crippen LogP contribution in [0.15, 0.2) is 24.5 Å². The summed E-state index contributed by atoms with van der Waals surface area (Å²) in [6.45, 7) is 6.97. The van der Waals surface area contributed by atoms with Crippen molar-refractivity contribution >= 4 is 33.4 Å². The molecule has 3 aromatic heterocycles. The molecule has 4 N–H and O–H groups in total. The van der Waals surface area contributed by atoms with E-state index in [0.717, 1.165) is 47.3 Å². The largest absolute Gasteiger partial charge is 0.421 e. The number of anilines is 2. The van der Waals surface area contributed by atoms with Gasteiger partial charge in [-0.25, -0.2) is 14.4 Å². The van der Waals surface area contributed by atoms with Crippen molar-refractivity contribution in [2.75, 3.05) is 23.8 Å². The first-order valence-electron chi connectivity index (χ1n) is 11.9. The molecule has 35 heavy (non-hydrogen) atoms. The highest BCUT2D eigenvalue weighted by molar-refractivity contribution is 6.14. The Labute approximate surface area is 202 Å². The van der Waals surface area contributed by atoms with Crippen LogP contribution in [-0.4, -0.2) is 50.6 Å². The summed E-state index contributed by atoms with van der Waals surface area (Å²) in [7, 11) is 1.77. The summed E-state index contributed by atoms with van der Waals surface area (Å²) in [5, 5.41) is 4.58. The molecule has 2 bridgehead atoms. The fourth-order valence-electron chi connectivity index (χ4n) is 5.39. The number of ether oxygens (including phenoxy) is 1. The maximum atomic E-state index is 14.5. The smallest absolute Gasteiger partial charge is 0.326 e. The zero-order chi connectivity index (χ0) is 24.5. The number of nitrogens with one attached hydrogen (secondary N) is 2. The molecule has 1 aliphatic carbocycles. The molecule has 0 spiro atoms. The normalized spacial score (nSPS) is 21.9. The molecule has 0 amide bonds. The molecule has 9 nitrogen and oxygen atoms in total. The summed E-state index contributed by atoms with van der Waals surface area (Å²) in [4.78, 5) is 24.0. The molecule has 6 rings (SSSR count). The standard InChI is InChI=1S/C25H29FN8O/c1-25(2,3)23-29-9-15(10-30-23)35-24-32-21-19(16-6-13(26)7-18(28-4)20(16)31-21)22(33-24)34-11-12-5-14(34)8-17(12)27/h6-7,9-10,12,14,17,28H,5,8,11,27H2,1-4H3,(H,31,32,33)/t12?,14?,17-/m1/s1. The molecular formula is C25H29FN8O. The molecule has 2 aliphatic rings. The second-order valence-electron chi connectivity index (χ2n) is 10.6. The van der Waals surface area contributed by atoms with Crippen LogP contribution in [0.4, 0.5) is 15.9 Å². The Morgan fingerprint density at radius 2 is 1.94 bits per heavy atom. The van der Waals surface area contributed by atoms with Crippen LogP contribution in [0.1, 0.15) is 39.4 Å². The molecular weight excluding hydrogens is 447 g/mol. The highest BCUT2D eigenvalue weighted by Gasteiger charge is 2.44. The average Bonchev–Trinajstić information content (AvgIpc) is 3.49. The predicted octanol–water partition coefficient (Wildman–Crippen LogP) is 4.10. The first-order valence-corrected chi connectivity index (χ1v) is 11.9. The Morgan fingerprint density at radius 3 is 2.57 bits per heavy atom. The summed E-state index contributed by atoms with van der Waals surface area (Å²) in [6, 6.07) is 3.68. The highest BCUT2D eigenvalue weighted by atomic mass is 19.1. The van der Waals surface area contributed by atoms with Crippen molar-refractivity contribution in [3.8, 4) is 11.8 Å². The van der Waals surface area contributed by atoms with E-state index in [-0.39, 0.29) is 29.3 Å². The minimum atomic E-state index is -0.324. The van der Waals surface area contributed by atoms with Gasteiger partial charge >= 0.3 is 6.01 Å². The van der Waals surface area contributed by atoms with Crippen LogP contribution < -0.4 is 20.7 Å². The van der Waals surface area contributed by atoms with Gasteiger partial charge in [0.05, 0.1) is 29.0 Å². The molecule has 1 aliphatic heterocycles. The van der Waals surface area contributed by atoms with Gasteiger partial charge in [0.2, 0.25) is 0 Å². The number of nitrogens with two attached hydrogens (primary N) is 1. The van der Waals surface area contributed by atoms with Crippen LogP contribution in [0.3, 0.4) is 0 Å². The minimum Gasteiger partial charge on any atom is -0.421 e. The molecule has 182 valence electrons. The topological polar surface area (TPSA) is 118 Å². The Balaban J connectivity index is 1.48. The molecule has 1 aromatic carbocycles. The quantitative estimate of drug-likeness (QED) is 0.403. The molecule has 2 unspecified atom stereocenters. The lowest BCUT2D eigenvalue weighted by Gasteiger charge is -2.31. The van der Waals surface area contributed by atoms with Gasteiger partial charge in [-0.1, -0.05) is 20.8 Å². The van der Waals surface area contributed by atoms with Crippen molar-refractivity contribution in [1.82, 2.24) is 24.9 Å². The van der Waals surface area contributed by atoms with Crippen molar-refractivity contribution in [2.45, 2.75) is 51.1 Å². The Morgan fingerprint density at radius 1 is 1.17 bits per heavy atom. The van der Waals surface area contributed by atoms with Gasteiger partial charge in [-0.05, 0) is 30.9 Å². The van der Waals surface area contributed by atoms with Gasteiger partial charge in [0.15, 0.2) is 5.75 Å². The van der Waals surface area contributed by atoms with Crippen LogP contribution in [0, 0.1) is 11.7 Å². The first-order chi connectivity index (χ1) is 16.7. The second kappa shape index (κ2) is 7.74. The number of hydrogen-bond acceptors (Lipinski definition) is 8. The maximum Gasteiger partial charge on any atom is 0.326 e. The number of hydrogen-bond donors (Lipinski definition) is 3. The third-order valence-electron chi connectivity index (χ3n) is 7.13. The number of rotatable bonds is 4. The van der Waals surface area contributed by atoms with E-state index in [0.29, 0.717) is 23.0 Å². The summed E-state index contributed by atoms with van der Waals surface area (Å²) in [5.41, 5.74) is 8.16. The molecule has 1 saturated heterocycles. The van der Waals surface area contributed by atoms with Gasteiger partial charge in [0.25, 0.3) is 0 Å². The van der Waals surface area contributed by atoms with E-state index in [2.05, 4.69) is 50.9 Å².